The third-order valence-electron chi connectivity index (χ3n) is 5.36. The molecule has 6 heteroatoms. The number of hydrogen-bond donors (Lipinski definition) is 1. The maximum absolute atomic E-state index is 12.9. The van der Waals surface area contributed by atoms with E-state index in [1.165, 1.54) is 19.9 Å². The molecule has 32 heavy (non-hydrogen) atoms. The van der Waals surface area contributed by atoms with Crippen LogP contribution in [0.4, 0.5) is 0 Å². The van der Waals surface area contributed by atoms with Gasteiger partial charge in [0.2, 0.25) is 5.78 Å². The molecule has 0 saturated carbocycles. The monoisotopic (exact) mass is 452 g/mol. The summed E-state index contributed by atoms with van der Waals surface area (Å²) in [5.74, 6) is -0.316. The van der Waals surface area contributed by atoms with E-state index >= 15 is 0 Å². The Labute approximate surface area is 192 Å². The number of carbonyl (C=O) groups excluding carboxylic acids is 1. The summed E-state index contributed by atoms with van der Waals surface area (Å²) in [5.41, 5.74) is 2.72. The second-order valence-corrected chi connectivity index (χ2v) is 9.10. The van der Waals surface area contributed by atoms with Crippen LogP contribution in [-0.2, 0) is 11.2 Å². The third kappa shape index (κ3) is 4.75. The SMILES string of the molecule is CCc1c(C(=O)C=Cc2cc(C)c(OC(C)(C)C(=O)O)c(C)c2)oc2cc(SC)ccc12. The molecule has 3 rings (SSSR count). The fourth-order valence-electron chi connectivity index (χ4n) is 3.59. The molecule has 0 aliphatic heterocycles. The molecule has 168 valence electrons. The molecular weight excluding hydrogens is 424 g/mol. The number of aryl methyl sites for hydroxylation is 3. The van der Waals surface area contributed by atoms with Gasteiger partial charge in [-0.1, -0.05) is 13.0 Å². The second kappa shape index (κ2) is 9.25. The van der Waals surface area contributed by atoms with Crippen LogP contribution in [0.1, 0.15) is 53.6 Å². The molecule has 1 aromatic heterocycles. The van der Waals surface area contributed by atoms with Crippen LogP contribution in [0.25, 0.3) is 17.0 Å². The molecule has 0 aliphatic rings. The minimum Gasteiger partial charge on any atom is -0.478 e. The van der Waals surface area contributed by atoms with Crippen molar-refractivity contribution in [1.29, 1.82) is 0 Å². The molecule has 0 aliphatic carbocycles. The van der Waals surface area contributed by atoms with Crippen molar-refractivity contribution in [3.63, 3.8) is 0 Å². The molecule has 0 radical (unpaired) electrons. The molecular formula is C26H28O5S. The Kier molecular flexibility index (Phi) is 6.84. The van der Waals surface area contributed by atoms with Gasteiger partial charge in [0.1, 0.15) is 11.3 Å². The molecule has 0 bridgehead atoms. The van der Waals surface area contributed by atoms with E-state index in [2.05, 4.69) is 0 Å². The summed E-state index contributed by atoms with van der Waals surface area (Å²) in [6.45, 7) is 8.76. The Balaban J connectivity index is 1.89. The zero-order valence-electron chi connectivity index (χ0n) is 19.2. The number of fused-ring (bicyclic) bond motifs is 1. The van der Waals surface area contributed by atoms with Crippen LogP contribution < -0.4 is 4.74 Å². The number of carboxylic acid groups (broad SMARTS) is 1. The summed E-state index contributed by atoms with van der Waals surface area (Å²) in [6, 6.07) is 9.74. The maximum atomic E-state index is 12.9. The number of furan rings is 1. The predicted molar refractivity (Wildman–Crippen MR) is 129 cm³/mol. The van der Waals surface area contributed by atoms with Crippen LogP contribution >= 0.6 is 11.8 Å². The highest BCUT2D eigenvalue weighted by molar-refractivity contribution is 7.98. The normalized spacial score (nSPS) is 11.9. The third-order valence-corrected chi connectivity index (χ3v) is 6.08. The van der Waals surface area contributed by atoms with E-state index in [1.807, 2.05) is 57.4 Å². The van der Waals surface area contributed by atoms with Crippen LogP contribution in [0.15, 0.2) is 45.7 Å². The van der Waals surface area contributed by atoms with Gasteiger partial charge in [0.25, 0.3) is 0 Å². The lowest BCUT2D eigenvalue weighted by atomic mass is 10.0. The van der Waals surface area contributed by atoms with Crippen molar-refractivity contribution < 1.29 is 23.8 Å². The first-order chi connectivity index (χ1) is 15.1. The van der Waals surface area contributed by atoms with Crippen LogP contribution in [0, 0.1) is 13.8 Å². The molecule has 2 aromatic carbocycles. The van der Waals surface area contributed by atoms with Gasteiger partial charge < -0.3 is 14.3 Å². The number of benzene rings is 2. The van der Waals surface area contributed by atoms with E-state index in [0.717, 1.165) is 38.1 Å². The summed E-state index contributed by atoms with van der Waals surface area (Å²) >= 11 is 1.63. The quantitative estimate of drug-likeness (QED) is 0.240. The van der Waals surface area contributed by atoms with Crippen molar-refractivity contribution in [3.05, 3.63) is 64.4 Å². The van der Waals surface area contributed by atoms with Crippen LogP contribution in [-0.4, -0.2) is 28.7 Å². The molecule has 3 aromatic rings. The van der Waals surface area contributed by atoms with Crippen molar-refractivity contribution in [2.75, 3.05) is 6.26 Å². The summed E-state index contributed by atoms with van der Waals surface area (Å²) in [7, 11) is 0. The van der Waals surface area contributed by atoms with Gasteiger partial charge in [-0.3, -0.25) is 4.79 Å². The number of aliphatic carboxylic acids is 1. The van der Waals surface area contributed by atoms with E-state index < -0.39 is 11.6 Å². The first kappa shape index (κ1) is 23.7. The summed E-state index contributed by atoms with van der Waals surface area (Å²) < 4.78 is 11.7. The summed E-state index contributed by atoms with van der Waals surface area (Å²) in [6.07, 6.45) is 5.96. The number of carbonyl (C=O) groups is 2. The van der Waals surface area contributed by atoms with E-state index in [9.17, 15) is 14.7 Å². The number of thioether (sulfide) groups is 1. The largest absolute Gasteiger partial charge is 0.478 e. The van der Waals surface area contributed by atoms with Crippen molar-refractivity contribution in [2.45, 2.75) is 51.5 Å². The fourth-order valence-corrected chi connectivity index (χ4v) is 4.02. The maximum Gasteiger partial charge on any atom is 0.347 e. The van der Waals surface area contributed by atoms with Crippen molar-refractivity contribution in [2.24, 2.45) is 0 Å². The number of carboxylic acids is 1. The zero-order chi connectivity index (χ0) is 23.6. The van der Waals surface area contributed by atoms with Crippen molar-refractivity contribution in [3.8, 4) is 5.75 Å². The number of hydrogen-bond acceptors (Lipinski definition) is 5. The van der Waals surface area contributed by atoms with E-state index in [-0.39, 0.29) is 5.78 Å². The van der Waals surface area contributed by atoms with E-state index in [0.29, 0.717) is 17.9 Å². The molecule has 0 spiro atoms. The smallest absolute Gasteiger partial charge is 0.347 e. The molecule has 1 heterocycles. The van der Waals surface area contributed by atoms with Crippen molar-refractivity contribution >= 4 is 40.6 Å². The van der Waals surface area contributed by atoms with Crippen LogP contribution in [0.3, 0.4) is 0 Å². The van der Waals surface area contributed by atoms with Crippen LogP contribution in [0.5, 0.6) is 5.75 Å². The van der Waals surface area contributed by atoms with Crippen LogP contribution in [0.2, 0.25) is 0 Å². The Morgan fingerprint density at radius 3 is 2.38 bits per heavy atom. The molecule has 1 N–H and O–H groups in total. The second-order valence-electron chi connectivity index (χ2n) is 8.22. The average Bonchev–Trinajstić information content (AvgIpc) is 3.12. The Morgan fingerprint density at radius 1 is 1.16 bits per heavy atom. The van der Waals surface area contributed by atoms with Gasteiger partial charge in [0, 0.05) is 15.8 Å². The fraction of sp³-hybridized carbons (Fsp3) is 0.308. The molecule has 5 nitrogen and oxygen atoms in total. The lowest BCUT2D eigenvalue weighted by molar-refractivity contribution is -0.152. The Bertz CT molecular complexity index is 1190. The van der Waals surface area contributed by atoms with Gasteiger partial charge in [0.15, 0.2) is 11.4 Å². The van der Waals surface area contributed by atoms with Gasteiger partial charge in [-0.05, 0) is 93.5 Å². The topological polar surface area (TPSA) is 76.7 Å². The minimum atomic E-state index is -1.34. The van der Waals surface area contributed by atoms with Gasteiger partial charge in [-0.15, -0.1) is 11.8 Å². The molecule has 0 amide bonds. The molecule has 0 atom stereocenters. The average molecular weight is 453 g/mol. The molecule has 0 unspecified atom stereocenters. The minimum absolute atomic E-state index is 0.189. The highest BCUT2D eigenvalue weighted by atomic mass is 32.2. The van der Waals surface area contributed by atoms with Gasteiger partial charge in [0.05, 0.1) is 0 Å². The number of ether oxygens (including phenoxy) is 1. The Hall–Kier alpha value is -2.99. The highest BCUT2D eigenvalue weighted by Gasteiger charge is 2.30. The Morgan fingerprint density at radius 2 is 1.81 bits per heavy atom. The predicted octanol–water partition coefficient (Wildman–Crippen LogP) is 6.47. The molecule has 0 fully saturated rings. The zero-order valence-corrected chi connectivity index (χ0v) is 20.1. The number of allylic oxidation sites excluding steroid dienone is 1. The summed E-state index contributed by atoms with van der Waals surface area (Å²) in [5, 5.41) is 10.3. The van der Waals surface area contributed by atoms with E-state index in [1.54, 1.807) is 17.8 Å². The summed E-state index contributed by atoms with van der Waals surface area (Å²) in [4.78, 5) is 25.4. The van der Waals surface area contributed by atoms with Gasteiger partial charge in [-0.25, -0.2) is 4.79 Å². The number of rotatable bonds is 8. The first-order valence-electron chi connectivity index (χ1n) is 10.4. The first-order valence-corrected chi connectivity index (χ1v) is 11.6. The van der Waals surface area contributed by atoms with E-state index in [4.69, 9.17) is 9.15 Å². The highest BCUT2D eigenvalue weighted by Crippen LogP contribution is 2.31. The molecule has 0 saturated heterocycles. The van der Waals surface area contributed by atoms with Gasteiger partial charge in [-0.2, -0.15) is 0 Å². The lowest BCUT2D eigenvalue weighted by Crippen LogP contribution is -2.38. The van der Waals surface area contributed by atoms with Crippen molar-refractivity contribution in [1.82, 2.24) is 0 Å². The van der Waals surface area contributed by atoms with Gasteiger partial charge >= 0.3 is 5.97 Å². The lowest BCUT2D eigenvalue weighted by Gasteiger charge is -2.24. The number of ketones is 1. The standard InChI is InChI=1S/C26H28O5S/c1-7-19-20-10-9-18(32-6)14-22(20)30-24(19)21(27)11-8-17-12-15(2)23(16(3)13-17)31-26(4,5)25(28)29/h8-14H,7H2,1-6H3,(H,28,29).